The fraction of sp³-hybridized carbons (Fsp3) is 0.250. The van der Waals surface area contributed by atoms with Gasteiger partial charge in [-0.25, -0.2) is 0 Å². The number of halogens is 1. The number of aromatic amines is 1. The first-order valence-electron chi connectivity index (χ1n) is 5.72. The monoisotopic (exact) mass is 324 g/mol. The highest BCUT2D eigenvalue weighted by Gasteiger charge is 2.11. The molecule has 1 amide bonds. The molecule has 0 saturated heterocycles. The van der Waals surface area contributed by atoms with Crippen molar-refractivity contribution in [3.05, 3.63) is 40.6 Å². The summed E-state index contributed by atoms with van der Waals surface area (Å²) in [6.45, 7) is 2.26. The van der Waals surface area contributed by atoms with Crippen LogP contribution in [0.15, 0.2) is 34.9 Å². The molecule has 0 unspecified atom stereocenters. The Kier molecular flexibility index (Phi) is 4.51. The first kappa shape index (κ1) is 13.5. The van der Waals surface area contributed by atoms with Crippen molar-refractivity contribution in [2.75, 3.05) is 6.54 Å². The van der Waals surface area contributed by atoms with Crippen molar-refractivity contribution < 1.29 is 9.53 Å². The number of para-hydroxylation sites is 1. The molecule has 1 aromatic heterocycles. The Bertz CT molecular complexity index is 544. The molecule has 100 valence electrons. The van der Waals surface area contributed by atoms with Gasteiger partial charge in [-0.15, -0.1) is 0 Å². The molecule has 2 aromatic rings. The third-order valence-electron chi connectivity index (χ3n) is 2.36. The Balaban J connectivity index is 1.84. The van der Waals surface area contributed by atoms with Gasteiger partial charge in [-0.3, -0.25) is 4.79 Å². The van der Waals surface area contributed by atoms with E-state index in [0.717, 1.165) is 10.2 Å². The third-order valence-corrected chi connectivity index (χ3v) is 3.02. The van der Waals surface area contributed by atoms with Crippen molar-refractivity contribution in [1.82, 2.24) is 20.7 Å². The van der Waals surface area contributed by atoms with Crippen molar-refractivity contribution in [3.8, 4) is 5.75 Å². The maximum atomic E-state index is 11.6. The minimum absolute atomic E-state index is 0.158. The smallest absolute Gasteiger partial charge is 0.273 e. The quantitative estimate of drug-likeness (QED) is 0.878. The lowest BCUT2D eigenvalue weighted by molar-refractivity contribution is 0.0927. The van der Waals surface area contributed by atoms with E-state index in [2.05, 4.69) is 36.7 Å². The predicted molar refractivity (Wildman–Crippen MR) is 72.9 cm³/mol. The van der Waals surface area contributed by atoms with Crippen LogP contribution in [0.25, 0.3) is 0 Å². The molecule has 0 spiro atoms. The molecule has 0 aliphatic heterocycles. The lowest BCUT2D eigenvalue weighted by atomic mass is 10.3. The molecule has 7 heteroatoms. The number of amides is 1. The van der Waals surface area contributed by atoms with Crippen molar-refractivity contribution in [3.63, 3.8) is 0 Å². The Hall–Kier alpha value is -1.89. The molecule has 1 aromatic carbocycles. The van der Waals surface area contributed by atoms with E-state index in [1.54, 1.807) is 0 Å². The minimum atomic E-state index is -0.281. The average molecular weight is 325 g/mol. The van der Waals surface area contributed by atoms with Gasteiger partial charge in [0.1, 0.15) is 11.9 Å². The van der Waals surface area contributed by atoms with Gasteiger partial charge in [0.25, 0.3) is 5.91 Å². The van der Waals surface area contributed by atoms with Gasteiger partial charge in [0.2, 0.25) is 0 Å². The Morgan fingerprint density at radius 2 is 2.32 bits per heavy atom. The van der Waals surface area contributed by atoms with Crippen LogP contribution in [0.4, 0.5) is 0 Å². The van der Waals surface area contributed by atoms with E-state index in [1.165, 1.54) is 6.20 Å². The molecular weight excluding hydrogens is 312 g/mol. The summed E-state index contributed by atoms with van der Waals surface area (Å²) in [4.78, 5) is 11.6. The number of nitrogens with zero attached hydrogens (tertiary/aromatic N) is 2. The molecule has 0 saturated carbocycles. The Labute approximate surface area is 118 Å². The molecule has 1 atom stereocenters. The second-order valence-corrected chi connectivity index (χ2v) is 4.78. The van der Waals surface area contributed by atoms with Crippen molar-refractivity contribution in [1.29, 1.82) is 0 Å². The highest BCUT2D eigenvalue weighted by atomic mass is 79.9. The van der Waals surface area contributed by atoms with Gasteiger partial charge in [-0.1, -0.05) is 12.1 Å². The van der Waals surface area contributed by atoms with Crippen LogP contribution in [0.1, 0.15) is 17.4 Å². The molecule has 0 fully saturated rings. The Morgan fingerprint density at radius 1 is 1.53 bits per heavy atom. The molecule has 0 radical (unpaired) electrons. The number of aromatic nitrogens is 3. The molecule has 0 aliphatic carbocycles. The van der Waals surface area contributed by atoms with Gasteiger partial charge >= 0.3 is 0 Å². The van der Waals surface area contributed by atoms with E-state index in [1.807, 2.05) is 31.2 Å². The van der Waals surface area contributed by atoms with Crippen LogP contribution in [0.5, 0.6) is 5.75 Å². The summed E-state index contributed by atoms with van der Waals surface area (Å²) < 4.78 is 6.59. The van der Waals surface area contributed by atoms with Gasteiger partial charge in [0.05, 0.1) is 17.2 Å². The molecular formula is C12H13BrN4O2. The van der Waals surface area contributed by atoms with E-state index in [-0.39, 0.29) is 17.7 Å². The van der Waals surface area contributed by atoms with E-state index in [4.69, 9.17) is 4.74 Å². The van der Waals surface area contributed by atoms with Gasteiger partial charge in [0.15, 0.2) is 5.69 Å². The maximum absolute atomic E-state index is 11.6. The number of H-pyrrole nitrogens is 1. The number of benzene rings is 1. The van der Waals surface area contributed by atoms with Crippen molar-refractivity contribution in [2.45, 2.75) is 13.0 Å². The molecule has 2 N–H and O–H groups in total. The molecule has 1 heterocycles. The van der Waals surface area contributed by atoms with Crippen LogP contribution in [-0.4, -0.2) is 34.0 Å². The first-order chi connectivity index (χ1) is 9.16. The van der Waals surface area contributed by atoms with E-state index in [9.17, 15) is 4.79 Å². The second kappa shape index (κ2) is 6.33. The highest BCUT2D eigenvalue weighted by Crippen LogP contribution is 2.24. The van der Waals surface area contributed by atoms with Gasteiger partial charge in [-0.2, -0.15) is 15.4 Å². The topological polar surface area (TPSA) is 79.9 Å². The van der Waals surface area contributed by atoms with Crippen LogP contribution >= 0.6 is 15.9 Å². The normalized spacial score (nSPS) is 11.9. The number of carbonyl (C=O) groups excluding carboxylic acids is 1. The number of nitrogens with one attached hydrogen (secondary N) is 2. The number of carbonyl (C=O) groups is 1. The first-order valence-corrected chi connectivity index (χ1v) is 6.51. The molecule has 0 aliphatic rings. The van der Waals surface area contributed by atoms with E-state index < -0.39 is 0 Å². The lowest BCUT2D eigenvalue weighted by Gasteiger charge is -2.16. The van der Waals surface area contributed by atoms with Crippen molar-refractivity contribution in [2.24, 2.45) is 0 Å². The van der Waals surface area contributed by atoms with Gasteiger partial charge in [0, 0.05) is 0 Å². The number of rotatable bonds is 5. The van der Waals surface area contributed by atoms with Crippen LogP contribution in [0.3, 0.4) is 0 Å². The van der Waals surface area contributed by atoms with Crippen LogP contribution < -0.4 is 10.1 Å². The summed E-state index contributed by atoms with van der Waals surface area (Å²) in [5.74, 6) is 0.460. The van der Waals surface area contributed by atoms with Gasteiger partial charge < -0.3 is 10.1 Å². The largest absolute Gasteiger partial charge is 0.488 e. The fourth-order valence-electron chi connectivity index (χ4n) is 1.44. The second-order valence-electron chi connectivity index (χ2n) is 3.92. The number of hydrogen-bond donors (Lipinski definition) is 2. The maximum Gasteiger partial charge on any atom is 0.273 e. The lowest BCUT2D eigenvalue weighted by Crippen LogP contribution is -2.33. The summed E-state index contributed by atoms with van der Waals surface area (Å²) in [6.07, 6.45) is 1.21. The molecule has 6 nitrogen and oxygen atoms in total. The van der Waals surface area contributed by atoms with E-state index in [0.29, 0.717) is 6.54 Å². The zero-order chi connectivity index (χ0) is 13.7. The van der Waals surface area contributed by atoms with Gasteiger partial charge in [-0.05, 0) is 35.0 Å². The zero-order valence-corrected chi connectivity index (χ0v) is 11.8. The number of hydrogen-bond acceptors (Lipinski definition) is 4. The standard InChI is InChI=1S/C12H13BrN4O2/c1-8(19-11-5-3-2-4-9(11)13)6-14-12(18)10-7-15-17-16-10/h2-5,7-8H,6H2,1H3,(H,14,18)(H,15,16,17)/t8-/m0/s1. The SMILES string of the molecule is C[C@@H](CNC(=O)c1cn[nH]n1)Oc1ccccc1Br. The predicted octanol–water partition coefficient (Wildman–Crippen LogP) is 1.76. The summed E-state index contributed by atoms with van der Waals surface area (Å²) in [5.41, 5.74) is 0.257. The van der Waals surface area contributed by atoms with Crippen LogP contribution in [-0.2, 0) is 0 Å². The third kappa shape index (κ3) is 3.78. The molecule has 2 rings (SSSR count). The molecule has 19 heavy (non-hydrogen) atoms. The molecule has 0 bridgehead atoms. The van der Waals surface area contributed by atoms with Crippen LogP contribution in [0.2, 0.25) is 0 Å². The summed E-state index contributed by atoms with van der Waals surface area (Å²) >= 11 is 3.40. The summed E-state index contributed by atoms with van der Waals surface area (Å²) in [6, 6.07) is 7.56. The highest BCUT2D eigenvalue weighted by molar-refractivity contribution is 9.10. The fourth-order valence-corrected chi connectivity index (χ4v) is 1.81. The minimum Gasteiger partial charge on any atom is -0.488 e. The van der Waals surface area contributed by atoms with Crippen molar-refractivity contribution >= 4 is 21.8 Å². The summed E-state index contributed by atoms with van der Waals surface area (Å²) in [7, 11) is 0. The Morgan fingerprint density at radius 3 is 3.00 bits per heavy atom. The zero-order valence-electron chi connectivity index (χ0n) is 10.3. The average Bonchev–Trinajstić information content (AvgIpc) is 2.93. The summed E-state index contributed by atoms with van der Waals surface area (Å²) in [5, 5.41) is 12.4. The van der Waals surface area contributed by atoms with Crippen LogP contribution in [0, 0.1) is 0 Å². The van der Waals surface area contributed by atoms with E-state index >= 15 is 0 Å². The number of ether oxygens (including phenoxy) is 1.